The number of H-pyrrole nitrogens is 1. The minimum atomic E-state index is 0.213. The highest BCUT2D eigenvalue weighted by Crippen LogP contribution is 2.24. The highest BCUT2D eigenvalue weighted by atomic mass is 35.5. The van der Waals surface area contributed by atoms with Gasteiger partial charge in [0.25, 0.3) is 0 Å². The molecule has 3 N–H and O–H groups in total. The summed E-state index contributed by atoms with van der Waals surface area (Å²) in [5, 5.41) is 20.0. The summed E-state index contributed by atoms with van der Waals surface area (Å²) in [6.45, 7) is 1.18. The summed E-state index contributed by atoms with van der Waals surface area (Å²) in [5.74, 6) is 0.213. The van der Waals surface area contributed by atoms with Crippen LogP contribution in [0.15, 0.2) is 30.5 Å². The molecule has 1 aromatic carbocycles. The second-order valence-electron chi connectivity index (χ2n) is 3.42. The van der Waals surface area contributed by atoms with E-state index in [1.165, 1.54) is 0 Å². The lowest BCUT2D eigenvalue weighted by atomic mass is 10.2. The number of aromatic amines is 1. The van der Waals surface area contributed by atoms with Crippen LogP contribution >= 0.6 is 11.6 Å². The Morgan fingerprint density at radius 3 is 2.88 bits per heavy atom. The fourth-order valence-electron chi connectivity index (χ4n) is 1.43. The smallest absolute Gasteiger partial charge is 0.121 e. The molecule has 0 saturated heterocycles. The van der Waals surface area contributed by atoms with Crippen molar-refractivity contribution >= 4 is 11.6 Å². The second-order valence-corrected chi connectivity index (χ2v) is 3.83. The number of rotatable bonds is 4. The number of aromatic hydroxyl groups is 1. The summed E-state index contributed by atoms with van der Waals surface area (Å²) in [6, 6.07) is 6.99. The third-order valence-electron chi connectivity index (χ3n) is 2.27. The number of nitrogens with zero attached hydrogens (tertiary/aromatic N) is 1. The normalized spacial score (nSPS) is 10.6. The summed E-state index contributed by atoms with van der Waals surface area (Å²) in [7, 11) is 0. The predicted molar refractivity (Wildman–Crippen MR) is 62.2 cm³/mol. The van der Waals surface area contributed by atoms with Crippen molar-refractivity contribution in [3.8, 4) is 5.75 Å². The highest BCUT2D eigenvalue weighted by Gasteiger charge is 2.05. The lowest BCUT2D eigenvalue weighted by molar-refractivity contribution is 0.464. The van der Waals surface area contributed by atoms with Crippen LogP contribution in [0.3, 0.4) is 0 Å². The summed E-state index contributed by atoms with van der Waals surface area (Å²) in [4.78, 5) is 0. The Bertz CT molecular complexity index is 436. The molecule has 16 heavy (non-hydrogen) atoms. The summed E-state index contributed by atoms with van der Waals surface area (Å²) in [6.07, 6.45) is 1.70. The third kappa shape index (κ3) is 2.53. The topological polar surface area (TPSA) is 60.9 Å². The van der Waals surface area contributed by atoms with E-state index in [1.54, 1.807) is 24.4 Å². The van der Waals surface area contributed by atoms with Gasteiger partial charge >= 0.3 is 0 Å². The van der Waals surface area contributed by atoms with Gasteiger partial charge in [0.05, 0.1) is 0 Å². The molecule has 0 saturated carbocycles. The Labute approximate surface area is 98.3 Å². The highest BCUT2D eigenvalue weighted by molar-refractivity contribution is 6.31. The van der Waals surface area contributed by atoms with Crippen molar-refractivity contribution in [1.82, 2.24) is 15.5 Å². The molecule has 0 aliphatic heterocycles. The Morgan fingerprint density at radius 2 is 2.19 bits per heavy atom. The maximum Gasteiger partial charge on any atom is 0.121 e. The van der Waals surface area contributed by atoms with Crippen LogP contribution in [-0.4, -0.2) is 15.3 Å². The lowest BCUT2D eigenvalue weighted by Crippen LogP contribution is -2.13. The average molecular weight is 238 g/mol. The van der Waals surface area contributed by atoms with Crippen molar-refractivity contribution in [3.05, 3.63) is 46.7 Å². The number of aromatic nitrogens is 2. The molecule has 0 aliphatic rings. The molecule has 0 radical (unpaired) electrons. The van der Waals surface area contributed by atoms with Gasteiger partial charge in [0.1, 0.15) is 5.75 Å². The van der Waals surface area contributed by atoms with Gasteiger partial charge in [-0.25, -0.2) is 0 Å². The van der Waals surface area contributed by atoms with Crippen molar-refractivity contribution in [2.24, 2.45) is 0 Å². The van der Waals surface area contributed by atoms with E-state index in [1.807, 2.05) is 6.07 Å². The molecule has 84 valence electrons. The maximum absolute atomic E-state index is 9.60. The molecule has 0 fully saturated rings. The van der Waals surface area contributed by atoms with Crippen LogP contribution < -0.4 is 5.32 Å². The monoisotopic (exact) mass is 237 g/mol. The van der Waals surface area contributed by atoms with Crippen LogP contribution in [0.25, 0.3) is 0 Å². The van der Waals surface area contributed by atoms with Crippen molar-refractivity contribution < 1.29 is 5.11 Å². The Kier molecular flexibility index (Phi) is 3.44. The average Bonchev–Trinajstić information content (AvgIpc) is 2.75. The molecule has 1 heterocycles. The van der Waals surface area contributed by atoms with Crippen LogP contribution in [0.4, 0.5) is 0 Å². The first-order valence-electron chi connectivity index (χ1n) is 4.92. The minimum Gasteiger partial charge on any atom is -0.508 e. The summed E-state index contributed by atoms with van der Waals surface area (Å²) in [5.41, 5.74) is 1.70. The molecule has 0 bridgehead atoms. The van der Waals surface area contributed by atoms with Crippen molar-refractivity contribution in [1.29, 1.82) is 0 Å². The summed E-state index contributed by atoms with van der Waals surface area (Å²) >= 11 is 5.97. The van der Waals surface area contributed by atoms with Crippen molar-refractivity contribution in [2.45, 2.75) is 13.1 Å². The maximum atomic E-state index is 9.60. The summed E-state index contributed by atoms with van der Waals surface area (Å²) < 4.78 is 0. The first kappa shape index (κ1) is 11.0. The molecular weight excluding hydrogens is 226 g/mol. The second kappa shape index (κ2) is 5.01. The SMILES string of the molecule is Oc1cccc(Cl)c1CNCc1ccn[nH]1. The fraction of sp³-hybridized carbons (Fsp3) is 0.182. The number of phenolic OH excluding ortho intramolecular Hbond substituents is 1. The Balaban J connectivity index is 1.95. The van der Waals surface area contributed by atoms with Gasteiger partial charge in [0.15, 0.2) is 0 Å². The predicted octanol–water partition coefficient (Wildman–Crippen LogP) is 2.06. The molecule has 0 amide bonds. The molecule has 0 aliphatic carbocycles. The molecular formula is C11H12ClN3O. The van der Waals surface area contributed by atoms with E-state index in [0.717, 1.165) is 5.69 Å². The van der Waals surface area contributed by atoms with Gasteiger partial charge in [0.2, 0.25) is 0 Å². The quantitative estimate of drug-likeness (QED) is 0.763. The van der Waals surface area contributed by atoms with Gasteiger partial charge in [-0.05, 0) is 18.2 Å². The van der Waals surface area contributed by atoms with Gasteiger partial charge in [-0.3, -0.25) is 5.10 Å². The Hall–Kier alpha value is -1.52. The van der Waals surface area contributed by atoms with E-state index in [0.29, 0.717) is 23.7 Å². The van der Waals surface area contributed by atoms with Gasteiger partial charge < -0.3 is 10.4 Å². The molecule has 4 nitrogen and oxygen atoms in total. The van der Waals surface area contributed by atoms with Gasteiger partial charge in [-0.1, -0.05) is 17.7 Å². The number of hydrogen-bond donors (Lipinski definition) is 3. The molecule has 0 spiro atoms. The zero-order valence-electron chi connectivity index (χ0n) is 8.57. The molecule has 1 aromatic heterocycles. The van der Waals surface area contributed by atoms with Gasteiger partial charge in [-0.2, -0.15) is 5.10 Å². The van der Waals surface area contributed by atoms with E-state index < -0.39 is 0 Å². The van der Waals surface area contributed by atoms with Crippen LogP contribution in [0, 0.1) is 0 Å². The van der Waals surface area contributed by atoms with Gasteiger partial charge in [-0.15, -0.1) is 0 Å². The number of phenols is 1. The lowest BCUT2D eigenvalue weighted by Gasteiger charge is -2.07. The number of benzene rings is 1. The molecule has 0 unspecified atom stereocenters. The first-order valence-corrected chi connectivity index (χ1v) is 5.30. The van der Waals surface area contributed by atoms with Crippen LogP contribution in [0.1, 0.15) is 11.3 Å². The fourth-order valence-corrected chi connectivity index (χ4v) is 1.66. The largest absolute Gasteiger partial charge is 0.508 e. The molecule has 0 atom stereocenters. The minimum absolute atomic E-state index is 0.213. The van der Waals surface area contributed by atoms with E-state index in [-0.39, 0.29) is 5.75 Å². The molecule has 2 rings (SSSR count). The zero-order chi connectivity index (χ0) is 11.4. The van der Waals surface area contributed by atoms with Gasteiger partial charge in [0, 0.05) is 35.6 Å². The first-order chi connectivity index (χ1) is 7.77. The van der Waals surface area contributed by atoms with E-state index >= 15 is 0 Å². The van der Waals surface area contributed by atoms with E-state index in [9.17, 15) is 5.11 Å². The number of nitrogens with one attached hydrogen (secondary N) is 2. The zero-order valence-corrected chi connectivity index (χ0v) is 9.33. The molecule has 2 aromatic rings. The van der Waals surface area contributed by atoms with Crippen molar-refractivity contribution in [3.63, 3.8) is 0 Å². The number of halogens is 1. The molecule has 5 heteroatoms. The Morgan fingerprint density at radius 1 is 1.31 bits per heavy atom. The van der Waals surface area contributed by atoms with Crippen LogP contribution in [0.2, 0.25) is 5.02 Å². The number of hydrogen-bond acceptors (Lipinski definition) is 3. The van der Waals surface area contributed by atoms with Crippen LogP contribution in [0.5, 0.6) is 5.75 Å². The van der Waals surface area contributed by atoms with Crippen LogP contribution in [-0.2, 0) is 13.1 Å². The third-order valence-corrected chi connectivity index (χ3v) is 2.62. The standard InChI is InChI=1S/C11H12ClN3O/c12-10-2-1-3-11(16)9(10)7-13-6-8-4-5-14-15-8/h1-5,13,16H,6-7H2,(H,14,15). The van der Waals surface area contributed by atoms with E-state index in [4.69, 9.17) is 11.6 Å². The van der Waals surface area contributed by atoms with Crippen molar-refractivity contribution in [2.75, 3.05) is 0 Å². The van der Waals surface area contributed by atoms with E-state index in [2.05, 4.69) is 15.5 Å².